The molecule has 1 heterocycles. The highest BCUT2D eigenvalue weighted by atomic mass is 35.5. The van der Waals surface area contributed by atoms with Gasteiger partial charge in [0.25, 0.3) is 0 Å². The van der Waals surface area contributed by atoms with Gasteiger partial charge in [-0.05, 0) is 0 Å². The van der Waals surface area contributed by atoms with Gasteiger partial charge in [-0.2, -0.15) is 13.2 Å². The highest BCUT2D eigenvalue weighted by molar-refractivity contribution is 6.16. The van der Waals surface area contributed by atoms with E-state index in [0.717, 1.165) is 6.20 Å². The molecule has 3 nitrogen and oxygen atoms in total. The Morgan fingerprint density at radius 1 is 1.36 bits per heavy atom. The third-order valence-corrected chi connectivity index (χ3v) is 1.46. The first-order chi connectivity index (χ1) is 6.51. The summed E-state index contributed by atoms with van der Waals surface area (Å²) in [5, 5.41) is 0. The molecule has 0 saturated carbocycles. The fourth-order valence-electron chi connectivity index (χ4n) is 0.676. The first-order valence-corrected chi connectivity index (χ1v) is 4.11. The molecule has 14 heavy (non-hydrogen) atoms. The maximum atomic E-state index is 11.7. The zero-order valence-corrected chi connectivity index (χ0v) is 7.64. The predicted octanol–water partition coefficient (Wildman–Crippen LogP) is 2.16. The molecule has 0 amide bonds. The lowest BCUT2D eigenvalue weighted by Crippen LogP contribution is -2.19. The van der Waals surface area contributed by atoms with Crippen LogP contribution in [0.1, 0.15) is 5.69 Å². The van der Waals surface area contributed by atoms with E-state index in [1.807, 2.05) is 0 Å². The first-order valence-electron chi connectivity index (χ1n) is 3.58. The summed E-state index contributed by atoms with van der Waals surface area (Å²) in [7, 11) is 0. The topological polar surface area (TPSA) is 35.0 Å². The van der Waals surface area contributed by atoms with Gasteiger partial charge in [-0.15, -0.1) is 11.6 Å². The zero-order valence-electron chi connectivity index (χ0n) is 6.88. The van der Waals surface area contributed by atoms with Crippen molar-refractivity contribution >= 4 is 11.6 Å². The largest absolute Gasteiger partial charge is 0.467 e. The maximum absolute atomic E-state index is 11.7. The normalized spacial score (nSPS) is 11.4. The lowest BCUT2D eigenvalue weighted by molar-refractivity contribution is -0.154. The molecule has 78 valence electrons. The Bertz CT molecular complexity index is 305. The summed E-state index contributed by atoms with van der Waals surface area (Å²) in [6, 6.07) is 0. The van der Waals surface area contributed by atoms with Crippen LogP contribution in [-0.2, 0) is 5.88 Å². The van der Waals surface area contributed by atoms with Crippen molar-refractivity contribution < 1.29 is 17.9 Å². The van der Waals surface area contributed by atoms with E-state index < -0.39 is 12.8 Å². The van der Waals surface area contributed by atoms with Crippen LogP contribution >= 0.6 is 11.6 Å². The van der Waals surface area contributed by atoms with Gasteiger partial charge in [0.15, 0.2) is 6.61 Å². The molecule has 0 unspecified atom stereocenters. The smallest absolute Gasteiger partial charge is 0.422 e. The van der Waals surface area contributed by atoms with Gasteiger partial charge in [0.2, 0.25) is 5.88 Å². The molecule has 0 N–H and O–H groups in total. The van der Waals surface area contributed by atoms with E-state index in [0.29, 0.717) is 5.69 Å². The Morgan fingerprint density at radius 2 is 2.07 bits per heavy atom. The molecule has 0 bridgehead atoms. The molecular weight excluding hydrogens is 221 g/mol. The molecular formula is C7H6ClF3N2O. The Morgan fingerprint density at radius 3 is 2.64 bits per heavy atom. The van der Waals surface area contributed by atoms with Crippen LogP contribution in [0.5, 0.6) is 5.88 Å². The number of rotatable bonds is 3. The van der Waals surface area contributed by atoms with Crippen LogP contribution in [0, 0.1) is 0 Å². The van der Waals surface area contributed by atoms with E-state index in [1.165, 1.54) is 6.20 Å². The van der Waals surface area contributed by atoms with Gasteiger partial charge < -0.3 is 4.74 Å². The molecule has 0 aliphatic carbocycles. The summed E-state index contributed by atoms with van der Waals surface area (Å²) < 4.78 is 39.5. The van der Waals surface area contributed by atoms with Gasteiger partial charge in [-0.3, -0.25) is 4.98 Å². The Labute approximate surface area is 82.9 Å². The average molecular weight is 227 g/mol. The third-order valence-electron chi connectivity index (χ3n) is 1.18. The van der Waals surface area contributed by atoms with Crippen molar-refractivity contribution in [2.45, 2.75) is 12.1 Å². The second-order valence-corrected chi connectivity index (χ2v) is 2.65. The van der Waals surface area contributed by atoms with Crippen molar-refractivity contribution in [3.8, 4) is 5.88 Å². The van der Waals surface area contributed by atoms with Gasteiger partial charge in [-0.25, -0.2) is 4.98 Å². The number of hydrogen-bond acceptors (Lipinski definition) is 3. The fraction of sp³-hybridized carbons (Fsp3) is 0.429. The Balaban J connectivity index is 2.59. The Hall–Kier alpha value is -1.04. The molecule has 0 aliphatic heterocycles. The average Bonchev–Trinajstić information content (AvgIpc) is 2.14. The van der Waals surface area contributed by atoms with E-state index in [9.17, 15) is 13.2 Å². The molecule has 0 saturated heterocycles. The second kappa shape index (κ2) is 4.45. The maximum Gasteiger partial charge on any atom is 0.422 e. The minimum Gasteiger partial charge on any atom is -0.467 e. The molecule has 1 aromatic rings. The standard InChI is InChI=1S/C7H6ClF3N2O/c8-1-5-2-12-3-6(13-5)14-4-7(9,10)11/h2-3H,1,4H2. The SMILES string of the molecule is FC(F)(F)COc1cncc(CCl)n1. The minimum atomic E-state index is -4.38. The molecule has 0 radical (unpaired) electrons. The summed E-state index contributed by atoms with van der Waals surface area (Å²) in [5.41, 5.74) is 0.367. The molecule has 0 aromatic carbocycles. The monoisotopic (exact) mass is 226 g/mol. The molecule has 1 rings (SSSR count). The number of ether oxygens (including phenoxy) is 1. The molecule has 0 atom stereocenters. The number of hydrogen-bond donors (Lipinski definition) is 0. The van der Waals surface area contributed by atoms with E-state index in [1.54, 1.807) is 0 Å². The van der Waals surface area contributed by atoms with Crippen molar-refractivity contribution in [3.05, 3.63) is 18.1 Å². The highest BCUT2D eigenvalue weighted by Gasteiger charge is 2.28. The molecule has 0 fully saturated rings. The van der Waals surface area contributed by atoms with Gasteiger partial charge in [0.1, 0.15) is 0 Å². The van der Waals surface area contributed by atoms with E-state index in [-0.39, 0.29) is 11.8 Å². The van der Waals surface area contributed by atoms with Gasteiger partial charge in [0, 0.05) is 6.20 Å². The fourth-order valence-corrected chi connectivity index (χ4v) is 0.805. The minimum absolute atomic E-state index is 0.0796. The third kappa shape index (κ3) is 3.78. The number of aromatic nitrogens is 2. The quantitative estimate of drug-likeness (QED) is 0.741. The summed E-state index contributed by atoms with van der Waals surface area (Å²) in [6.07, 6.45) is -1.92. The summed E-state index contributed by atoms with van der Waals surface area (Å²) in [4.78, 5) is 7.29. The van der Waals surface area contributed by atoms with Crippen LogP contribution in [0.3, 0.4) is 0 Å². The van der Waals surface area contributed by atoms with Crippen LogP contribution in [0.15, 0.2) is 12.4 Å². The van der Waals surface area contributed by atoms with Crippen LogP contribution in [0.25, 0.3) is 0 Å². The van der Waals surface area contributed by atoms with Crippen molar-refractivity contribution in [1.29, 1.82) is 0 Å². The molecule has 0 aliphatic rings. The van der Waals surface area contributed by atoms with Crippen LogP contribution in [0.4, 0.5) is 13.2 Å². The van der Waals surface area contributed by atoms with Crippen molar-refractivity contribution in [3.63, 3.8) is 0 Å². The lowest BCUT2D eigenvalue weighted by Gasteiger charge is -2.07. The van der Waals surface area contributed by atoms with E-state index in [4.69, 9.17) is 11.6 Å². The predicted molar refractivity (Wildman–Crippen MR) is 43.1 cm³/mol. The first kappa shape index (κ1) is 11.0. The van der Waals surface area contributed by atoms with Gasteiger partial charge in [0.05, 0.1) is 17.8 Å². The van der Waals surface area contributed by atoms with E-state index in [2.05, 4.69) is 14.7 Å². The van der Waals surface area contributed by atoms with Crippen molar-refractivity contribution in [2.24, 2.45) is 0 Å². The van der Waals surface area contributed by atoms with Crippen molar-refractivity contribution in [2.75, 3.05) is 6.61 Å². The molecule has 0 spiro atoms. The summed E-state index contributed by atoms with van der Waals surface area (Å²) in [6.45, 7) is -1.38. The molecule has 7 heteroatoms. The second-order valence-electron chi connectivity index (χ2n) is 2.39. The summed E-state index contributed by atoms with van der Waals surface area (Å²) >= 11 is 5.41. The van der Waals surface area contributed by atoms with Crippen LogP contribution in [-0.4, -0.2) is 22.8 Å². The zero-order chi connectivity index (χ0) is 10.6. The van der Waals surface area contributed by atoms with Gasteiger partial charge in [-0.1, -0.05) is 0 Å². The van der Waals surface area contributed by atoms with E-state index >= 15 is 0 Å². The van der Waals surface area contributed by atoms with Gasteiger partial charge >= 0.3 is 6.18 Å². The van der Waals surface area contributed by atoms with Crippen molar-refractivity contribution in [1.82, 2.24) is 9.97 Å². The van der Waals surface area contributed by atoms with Crippen LogP contribution < -0.4 is 4.74 Å². The highest BCUT2D eigenvalue weighted by Crippen LogP contribution is 2.16. The molecule has 1 aromatic heterocycles. The number of halogens is 4. The number of alkyl halides is 4. The van der Waals surface area contributed by atoms with Crippen LogP contribution in [0.2, 0.25) is 0 Å². The number of nitrogens with zero attached hydrogens (tertiary/aromatic N) is 2. The summed E-state index contributed by atoms with van der Waals surface area (Å²) in [5.74, 6) is -0.101. The lowest BCUT2D eigenvalue weighted by atomic mass is 10.5. The Kier molecular flexibility index (Phi) is 3.51.